The van der Waals surface area contributed by atoms with Crippen LogP contribution < -0.4 is 4.90 Å². The van der Waals surface area contributed by atoms with Gasteiger partial charge in [-0.05, 0) is 37.5 Å². The van der Waals surface area contributed by atoms with Crippen LogP contribution >= 0.6 is 0 Å². The highest BCUT2D eigenvalue weighted by molar-refractivity contribution is 5.41. The van der Waals surface area contributed by atoms with Crippen LogP contribution in [0.5, 0.6) is 0 Å². The van der Waals surface area contributed by atoms with Crippen molar-refractivity contribution in [2.24, 2.45) is 7.05 Å². The van der Waals surface area contributed by atoms with Crippen LogP contribution in [0.25, 0.3) is 0 Å². The molecule has 0 radical (unpaired) electrons. The number of nitrogens with zero attached hydrogens (tertiary/aromatic N) is 5. The van der Waals surface area contributed by atoms with Gasteiger partial charge in [0.15, 0.2) is 5.82 Å². The van der Waals surface area contributed by atoms with Crippen molar-refractivity contribution >= 4 is 5.82 Å². The average Bonchev–Trinajstić information content (AvgIpc) is 3.16. The van der Waals surface area contributed by atoms with E-state index in [-0.39, 0.29) is 12.1 Å². The summed E-state index contributed by atoms with van der Waals surface area (Å²) in [6.45, 7) is 4.09. The summed E-state index contributed by atoms with van der Waals surface area (Å²) in [5.74, 6) is 0.910. The Kier molecular flexibility index (Phi) is 5.42. The molecule has 7 nitrogen and oxygen atoms in total. The van der Waals surface area contributed by atoms with E-state index in [1.807, 2.05) is 37.0 Å². The number of hydrogen-bond acceptors (Lipinski definition) is 6. The van der Waals surface area contributed by atoms with Gasteiger partial charge in [-0.3, -0.25) is 4.68 Å². The molecular formula is C17H25N5O2. The fourth-order valence-electron chi connectivity index (χ4n) is 3.19. The molecule has 1 aliphatic rings. The Morgan fingerprint density at radius 3 is 2.79 bits per heavy atom. The highest BCUT2D eigenvalue weighted by Gasteiger charge is 2.36. The summed E-state index contributed by atoms with van der Waals surface area (Å²) in [6.07, 6.45) is 5.99. The Morgan fingerprint density at radius 2 is 2.12 bits per heavy atom. The van der Waals surface area contributed by atoms with Crippen LogP contribution in [-0.4, -0.2) is 59.0 Å². The Balaban J connectivity index is 1.77. The van der Waals surface area contributed by atoms with E-state index in [0.717, 1.165) is 30.9 Å². The number of methoxy groups -OCH3 is 1. The predicted molar refractivity (Wildman–Crippen MR) is 91.0 cm³/mol. The van der Waals surface area contributed by atoms with Crippen molar-refractivity contribution in [2.45, 2.75) is 31.9 Å². The van der Waals surface area contributed by atoms with Gasteiger partial charge < -0.3 is 14.4 Å². The van der Waals surface area contributed by atoms with Gasteiger partial charge in [-0.2, -0.15) is 10.2 Å². The molecule has 2 aromatic heterocycles. The summed E-state index contributed by atoms with van der Waals surface area (Å²) in [5.41, 5.74) is 2.13. The lowest BCUT2D eigenvalue weighted by atomic mass is 10.0. The second kappa shape index (κ2) is 7.72. The van der Waals surface area contributed by atoms with Gasteiger partial charge in [0.2, 0.25) is 0 Å². The molecule has 3 heterocycles. The summed E-state index contributed by atoms with van der Waals surface area (Å²) in [4.78, 5) is 2.30. The van der Waals surface area contributed by atoms with E-state index in [0.29, 0.717) is 13.2 Å². The number of aryl methyl sites for hydroxylation is 2. The smallest absolute Gasteiger partial charge is 0.151 e. The Labute approximate surface area is 142 Å². The molecule has 1 fully saturated rings. The van der Waals surface area contributed by atoms with Crippen molar-refractivity contribution in [1.82, 2.24) is 20.0 Å². The van der Waals surface area contributed by atoms with Crippen molar-refractivity contribution in [1.29, 1.82) is 0 Å². The number of rotatable bonds is 7. The molecule has 7 heteroatoms. The average molecular weight is 331 g/mol. The van der Waals surface area contributed by atoms with Gasteiger partial charge in [0.05, 0.1) is 37.3 Å². The first-order chi connectivity index (χ1) is 11.7. The summed E-state index contributed by atoms with van der Waals surface area (Å²) in [7, 11) is 3.63. The van der Waals surface area contributed by atoms with Crippen LogP contribution in [0.1, 0.15) is 17.7 Å². The summed E-state index contributed by atoms with van der Waals surface area (Å²) >= 11 is 0. The Hall–Kier alpha value is -1.99. The van der Waals surface area contributed by atoms with Crippen LogP contribution in [0.15, 0.2) is 24.5 Å². The molecule has 0 bridgehead atoms. The number of hydrogen-bond donors (Lipinski definition) is 0. The largest absolute Gasteiger partial charge is 0.382 e. The number of ether oxygens (including phenoxy) is 2. The van der Waals surface area contributed by atoms with E-state index in [1.54, 1.807) is 7.11 Å². The zero-order valence-corrected chi connectivity index (χ0v) is 14.6. The minimum atomic E-state index is 0.156. The fourth-order valence-corrected chi connectivity index (χ4v) is 3.19. The molecule has 0 aromatic carbocycles. The number of anilines is 1. The van der Waals surface area contributed by atoms with Crippen LogP contribution in [0.3, 0.4) is 0 Å². The predicted octanol–water partition coefficient (Wildman–Crippen LogP) is 1.37. The van der Waals surface area contributed by atoms with Gasteiger partial charge in [-0.15, -0.1) is 5.10 Å². The molecule has 2 atom stereocenters. The Bertz CT molecular complexity index is 643. The zero-order valence-electron chi connectivity index (χ0n) is 14.6. The maximum atomic E-state index is 6.07. The molecule has 2 aromatic rings. The SMILES string of the molecule is COCCO[C@H]1CCN(c2ccc(C)nn2)[C@H]1Cc1cnn(C)c1. The molecule has 130 valence electrons. The first-order valence-corrected chi connectivity index (χ1v) is 8.32. The molecule has 1 saturated heterocycles. The topological polar surface area (TPSA) is 65.3 Å². The summed E-state index contributed by atoms with van der Waals surface area (Å²) < 4.78 is 13.0. The Morgan fingerprint density at radius 1 is 1.25 bits per heavy atom. The third-order valence-corrected chi connectivity index (χ3v) is 4.38. The molecular weight excluding hydrogens is 306 g/mol. The molecule has 0 saturated carbocycles. The highest BCUT2D eigenvalue weighted by Crippen LogP contribution is 2.28. The molecule has 3 rings (SSSR count). The standard InChI is InChI=1S/C17H25N5O2/c1-13-4-5-17(20-19-13)22-7-6-16(24-9-8-23-3)15(22)10-14-11-18-21(2)12-14/h4-5,11-12,15-16H,6-10H2,1-3H3/t15-,16-/m0/s1. The normalized spacial score (nSPS) is 20.7. The maximum absolute atomic E-state index is 6.07. The van der Waals surface area contributed by atoms with E-state index in [2.05, 4.69) is 26.4 Å². The highest BCUT2D eigenvalue weighted by atomic mass is 16.5. The fraction of sp³-hybridized carbons (Fsp3) is 0.588. The molecule has 24 heavy (non-hydrogen) atoms. The summed E-state index contributed by atoms with van der Waals surface area (Å²) in [6, 6.07) is 4.27. The second-order valence-electron chi connectivity index (χ2n) is 6.21. The minimum absolute atomic E-state index is 0.156. The lowest BCUT2D eigenvalue weighted by molar-refractivity contribution is 0.0137. The van der Waals surface area contributed by atoms with Crippen molar-refractivity contribution in [2.75, 3.05) is 31.8 Å². The molecule has 0 N–H and O–H groups in total. The van der Waals surface area contributed by atoms with Gasteiger partial charge in [0.25, 0.3) is 0 Å². The molecule has 1 aliphatic heterocycles. The van der Waals surface area contributed by atoms with Gasteiger partial charge in [-0.25, -0.2) is 0 Å². The lowest BCUT2D eigenvalue weighted by Crippen LogP contribution is -2.39. The number of aromatic nitrogens is 4. The zero-order chi connectivity index (χ0) is 16.9. The van der Waals surface area contributed by atoms with Crippen LogP contribution in [0.4, 0.5) is 5.82 Å². The van der Waals surface area contributed by atoms with Crippen LogP contribution in [0, 0.1) is 6.92 Å². The minimum Gasteiger partial charge on any atom is -0.382 e. The van der Waals surface area contributed by atoms with Crippen LogP contribution in [-0.2, 0) is 22.9 Å². The van der Waals surface area contributed by atoms with Crippen molar-refractivity contribution in [3.63, 3.8) is 0 Å². The first kappa shape index (κ1) is 16.9. The summed E-state index contributed by atoms with van der Waals surface area (Å²) in [5, 5.41) is 12.8. The van der Waals surface area contributed by atoms with Crippen molar-refractivity contribution < 1.29 is 9.47 Å². The molecule has 0 unspecified atom stereocenters. The van der Waals surface area contributed by atoms with Gasteiger partial charge >= 0.3 is 0 Å². The van der Waals surface area contributed by atoms with Gasteiger partial charge in [0, 0.05) is 26.9 Å². The van der Waals surface area contributed by atoms with E-state index in [9.17, 15) is 0 Å². The monoisotopic (exact) mass is 331 g/mol. The maximum Gasteiger partial charge on any atom is 0.151 e. The van der Waals surface area contributed by atoms with Crippen molar-refractivity contribution in [3.05, 3.63) is 35.8 Å². The quantitative estimate of drug-likeness (QED) is 0.714. The van der Waals surface area contributed by atoms with Gasteiger partial charge in [-0.1, -0.05) is 0 Å². The van der Waals surface area contributed by atoms with E-state index >= 15 is 0 Å². The molecule has 0 amide bonds. The van der Waals surface area contributed by atoms with E-state index in [1.165, 1.54) is 5.56 Å². The third kappa shape index (κ3) is 3.91. The van der Waals surface area contributed by atoms with E-state index < -0.39 is 0 Å². The second-order valence-corrected chi connectivity index (χ2v) is 6.21. The molecule has 0 aliphatic carbocycles. The first-order valence-electron chi connectivity index (χ1n) is 8.32. The molecule has 0 spiro atoms. The van der Waals surface area contributed by atoms with Gasteiger partial charge in [0.1, 0.15) is 0 Å². The van der Waals surface area contributed by atoms with Crippen LogP contribution in [0.2, 0.25) is 0 Å². The van der Waals surface area contributed by atoms with Crippen molar-refractivity contribution in [3.8, 4) is 0 Å². The van der Waals surface area contributed by atoms with E-state index in [4.69, 9.17) is 9.47 Å². The lowest BCUT2D eigenvalue weighted by Gasteiger charge is -2.28. The third-order valence-electron chi connectivity index (χ3n) is 4.38.